The van der Waals surface area contributed by atoms with E-state index < -0.39 is 9.84 Å². The zero-order chi connectivity index (χ0) is 22.7. The number of carbonyl (C=O) groups is 1. The van der Waals surface area contributed by atoms with Crippen molar-refractivity contribution in [2.45, 2.75) is 37.2 Å². The molecule has 0 radical (unpaired) electrons. The molecule has 0 spiro atoms. The number of thiazole rings is 1. The minimum absolute atomic E-state index is 0.0278. The Kier molecular flexibility index (Phi) is 6.66. The first-order valence-electron chi connectivity index (χ1n) is 10.6. The van der Waals surface area contributed by atoms with Gasteiger partial charge in [0.05, 0.1) is 34.4 Å². The Morgan fingerprint density at radius 3 is 2.53 bits per heavy atom. The predicted molar refractivity (Wildman–Crippen MR) is 124 cm³/mol. The minimum atomic E-state index is -3.23. The van der Waals surface area contributed by atoms with Gasteiger partial charge in [-0.15, -0.1) is 0 Å². The van der Waals surface area contributed by atoms with Crippen molar-refractivity contribution in [1.29, 1.82) is 0 Å². The summed E-state index contributed by atoms with van der Waals surface area (Å²) in [5, 5.41) is 0.639. The van der Waals surface area contributed by atoms with E-state index in [1.165, 1.54) is 11.3 Å². The first kappa shape index (κ1) is 22.5. The second kappa shape index (κ2) is 9.46. The van der Waals surface area contributed by atoms with E-state index in [-0.39, 0.29) is 24.2 Å². The number of hydrogen-bond donors (Lipinski definition) is 0. The van der Waals surface area contributed by atoms with Gasteiger partial charge in [0.25, 0.3) is 5.19 Å². The number of sulfone groups is 1. The number of likely N-dealkylation sites (tertiary alicyclic amines) is 1. The lowest BCUT2D eigenvalue weighted by atomic mass is 10.1. The van der Waals surface area contributed by atoms with Gasteiger partial charge >= 0.3 is 0 Å². The summed E-state index contributed by atoms with van der Waals surface area (Å²) < 4.78 is 36.2. The molecule has 1 fully saturated rings. The number of aromatic nitrogens is 1. The Morgan fingerprint density at radius 1 is 1.16 bits per heavy atom. The lowest BCUT2D eigenvalue weighted by Gasteiger charge is -2.31. The Morgan fingerprint density at radius 2 is 1.88 bits per heavy atom. The van der Waals surface area contributed by atoms with Crippen molar-refractivity contribution in [3.63, 3.8) is 0 Å². The summed E-state index contributed by atoms with van der Waals surface area (Å²) >= 11 is 1.50. The number of nitrogens with zero attached hydrogens (tertiary/aromatic N) is 2. The number of piperidine rings is 1. The molecule has 170 valence electrons. The predicted octanol–water partition coefficient (Wildman–Crippen LogP) is 3.71. The van der Waals surface area contributed by atoms with E-state index in [0.717, 1.165) is 34.4 Å². The first-order chi connectivity index (χ1) is 15.4. The summed E-state index contributed by atoms with van der Waals surface area (Å²) in [4.78, 5) is 19.4. The number of fused-ring (bicyclic) bond motifs is 1. The van der Waals surface area contributed by atoms with Crippen LogP contribution in [0, 0.1) is 0 Å². The molecule has 7 nitrogen and oxygen atoms in total. The largest absolute Gasteiger partial charge is 0.497 e. The Hall–Kier alpha value is -2.65. The van der Waals surface area contributed by atoms with Crippen LogP contribution in [0.3, 0.4) is 0 Å². The topological polar surface area (TPSA) is 85.8 Å². The van der Waals surface area contributed by atoms with Crippen molar-refractivity contribution < 1.29 is 22.7 Å². The van der Waals surface area contributed by atoms with Crippen LogP contribution >= 0.6 is 11.3 Å². The van der Waals surface area contributed by atoms with Crippen molar-refractivity contribution >= 4 is 37.3 Å². The van der Waals surface area contributed by atoms with E-state index >= 15 is 0 Å². The maximum atomic E-state index is 12.7. The number of methoxy groups -OCH3 is 1. The molecule has 1 aromatic heterocycles. The lowest BCUT2D eigenvalue weighted by molar-refractivity contribution is -0.132. The van der Waals surface area contributed by atoms with Crippen LogP contribution in [0.25, 0.3) is 10.2 Å². The Labute approximate surface area is 191 Å². The van der Waals surface area contributed by atoms with Crippen molar-refractivity contribution in [2.24, 2.45) is 0 Å². The highest BCUT2D eigenvalue weighted by Crippen LogP contribution is 2.32. The fraction of sp³-hybridized carbons (Fsp3) is 0.391. The third-order valence-electron chi connectivity index (χ3n) is 5.66. The molecule has 32 heavy (non-hydrogen) atoms. The van der Waals surface area contributed by atoms with Gasteiger partial charge in [0, 0.05) is 25.9 Å². The maximum absolute atomic E-state index is 12.7. The van der Waals surface area contributed by atoms with Crippen LogP contribution in [0.2, 0.25) is 0 Å². The van der Waals surface area contributed by atoms with E-state index in [1.807, 2.05) is 23.1 Å². The monoisotopic (exact) mass is 474 g/mol. The molecule has 1 saturated heterocycles. The fourth-order valence-corrected chi connectivity index (χ4v) is 5.49. The van der Waals surface area contributed by atoms with Crippen LogP contribution in [0.4, 0.5) is 0 Å². The zero-order valence-corrected chi connectivity index (χ0v) is 19.7. The van der Waals surface area contributed by atoms with E-state index in [0.29, 0.717) is 23.2 Å². The summed E-state index contributed by atoms with van der Waals surface area (Å²) in [5.41, 5.74) is 1.70. The van der Waals surface area contributed by atoms with Crippen molar-refractivity contribution in [3.05, 3.63) is 48.0 Å². The molecule has 1 amide bonds. The first-order valence-corrected chi connectivity index (χ1v) is 13.1. The smallest absolute Gasteiger partial charge is 0.274 e. The number of ether oxygens (including phenoxy) is 2. The Bertz CT molecular complexity index is 1200. The molecular formula is C23H26N2O5S2. The van der Waals surface area contributed by atoms with Gasteiger partial charge in [-0.3, -0.25) is 4.79 Å². The molecule has 9 heteroatoms. The highest BCUT2D eigenvalue weighted by Gasteiger charge is 2.25. The van der Waals surface area contributed by atoms with Gasteiger partial charge in [-0.2, -0.15) is 0 Å². The molecule has 3 aromatic rings. The molecule has 0 saturated carbocycles. The average Bonchev–Trinajstić information content (AvgIpc) is 3.21. The molecule has 2 aromatic carbocycles. The van der Waals surface area contributed by atoms with Crippen molar-refractivity contribution in [3.8, 4) is 10.9 Å². The van der Waals surface area contributed by atoms with E-state index in [4.69, 9.17) is 9.47 Å². The minimum Gasteiger partial charge on any atom is -0.497 e. The zero-order valence-electron chi connectivity index (χ0n) is 18.1. The van der Waals surface area contributed by atoms with Gasteiger partial charge < -0.3 is 14.4 Å². The van der Waals surface area contributed by atoms with Crippen LogP contribution in [0.5, 0.6) is 10.9 Å². The SMILES string of the molecule is CCS(=O)(=O)c1ccc(CC(=O)N2CCC(Oc3nc4ccc(OC)cc4s3)CC2)cc1. The summed E-state index contributed by atoms with van der Waals surface area (Å²) in [6, 6.07) is 12.3. The number of hydrogen-bond acceptors (Lipinski definition) is 7. The molecule has 0 atom stereocenters. The molecular weight excluding hydrogens is 448 g/mol. The summed E-state index contributed by atoms with van der Waals surface area (Å²) in [6.07, 6.45) is 1.79. The third kappa shape index (κ3) is 5.05. The van der Waals surface area contributed by atoms with Gasteiger partial charge in [0.15, 0.2) is 9.84 Å². The molecule has 0 aliphatic carbocycles. The molecule has 1 aliphatic rings. The van der Waals surface area contributed by atoms with Gasteiger partial charge in [-0.25, -0.2) is 13.4 Å². The molecule has 0 bridgehead atoms. The number of benzene rings is 2. The number of amides is 1. The van der Waals surface area contributed by atoms with Crippen LogP contribution in [-0.4, -0.2) is 56.3 Å². The molecule has 0 N–H and O–H groups in total. The molecule has 1 aliphatic heterocycles. The number of carbonyl (C=O) groups excluding carboxylic acids is 1. The standard InChI is InChI=1S/C23H26N2O5S2/c1-3-32(27,28)19-7-4-16(5-8-19)14-22(26)25-12-10-17(11-13-25)30-23-24-20-9-6-18(29-2)15-21(20)31-23/h4-9,15,17H,3,10-14H2,1-2H3. The van der Waals surface area contributed by atoms with Crippen LogP contribution < -0.4 is 9.47 Å². The molecule has 0 unspecified atom stereocenters. The van der Waals surface area contributed by atoms with Crippen LogP contribution in [0.15, 0.2) is 47.4 Å². The normalized spacial score (nSPS) is 15.1. The second-order valence-electron chi connectivity index (χ2n) is 7.74. The quantitative estimate of drug-likeness (QED) is 0.519. The Balaban J connectivity index is 1.30. The van der Waals surface area contributed by atoms with Crippen LogP contribution in [-0.2, 0) is 21.1 Å². The van der Waals surface area contributed by atoms with Crippen LogP contribution in [0.1, 0.15) is 25.3 Å². The van der Waals surface area contributed by atoms with Gasteiger partial charge in [0.1, 0.15) is 11.9 Å². The highest BCUT2D eigenvalue weighted by atomic mass is 32.2. The van der Waals surface area contributed by atoms with E-state index in [1.54, 1.807) is 38.3 Å². The second-order valence-corrected chi connectivity index (χ2v) is 11.0. The van der Waals surface area contributed by atoms with Crippen molar-refractivity contribution in [1.82, 2.24) is 9.88 Å². The van der Waals surface area contributed by atoms with Gasteiger partial charge in [0.2, 0.25) is 5.91 Å². The number of rotatable bonds is 7. The van der Waals surface area contributed by atoms with Crippen molar-refractivity contribution in [2.75, 3.05) is 26.0 Å². The summed E-state index contributed by atoms with van der Waals surface area (Å²) in [6.45, 7) is 2.88. The van der Waals surface area contributed by atoms with E-state index in [2.05, 4.69) is 4.98 Å². The summed E-state index contributed by atoms with van der Waals surface area (Å²) in [7, 11) is -1.59. The lowest BCUT2D eigenvalue weighted by Crippen LogP contribution is -2.42. The average molecular weight is 475 g/mol. The summed E-state index contributed by atoms with van der Waals surface area (Å²) in [5.74, 6) is 0.899. The fourth-order valence-electron chi connectivity index (χ4n) is 3.69. The van der Waals surface area contributed by atoms with E-state index in [9.17, 15) is 13.2 Å². The van der Waals surface area contributed by atoms with Gasteiger partial charge in [-0.1, -0.05) is 30.4 Å². The molecule has 4 rings (SSSR count). The third-order valence-corrected chi connectivity index (χ3v) is 8.32. The molecule has 2 heterocycles. The maximum Gasteiger partial charge on any atom is 0.274 e. The highest BCUT2D eigenvalue weighted by molar-refractivity contribution is 7.91. The van der Waals surface area contributed by atoms with Gasteiger partial charge in [-0.05, 0) is 35.9 Å².